The zero-order valence-corrected chi connectivity index (χ0v) is 13.8. The second kappa shape index (κ2) is 8.49. The van der Waals surface area contributed by atoms with Gasteiger partial charge in [0.2, 0.25) is 0 Å². The van der Waals surface area contributed by atoms with E-state index in [1.54, 1.807) is 0 Å². The Morgan fingerprint density at radius 3 is 1.71 bits per heavy atom. The minimum absolute atomic E-state index is 0.826. The highest BCUT2D eigenvalue weighted by atomic mass is 32.2. The van der Waals surface area contributed by atoms with Crippen LogP contribution in [0.2, 0.25) is 0 Å². The summed E-state index contributed by atoms with van der Waals surface area (Å²) in [6, 6.07) is 0. The normalized spacial score (nSPS) is 14.8. The van der Waals surface area contributed by atoms with Crippen molar-refractivity contribution in [1.29, 1.82) is 0 Å². The summed E-state index contributed by atoms with van der Waals surface area (Å²) in [5, 5.41) is 4.62. The molecule has 0 unspecified atom stereocenters. The molecule has 0 nitrogen and oxygen atoms in total. The average Bonchev–Trinajstić information content (AvgIpc) is 2.80. The van der Waals surface area contributed by atoms with Crippen LogP contribution in [-0.2, 0) is 0 Å². The van der Waals surface area contributed by atoms with E-state index in [1.807, 2.05) is 34.9 Å². The third-order valence-electron chi connectivity index (χ3n) is 3.03. The summed E-state index contributed by atoms with van der Waals surface area (Å²) >= 11 is 5.91. The molecule has 0 saturated heterocycles. The standard InChI is InChI=1S/C14H24S3/c1-5-11(3)7-16-13-9-15-10-14(13)17-8-12(4)6-2/h9-12H,5-8H2,1-4H3/t11-,12-/m0/s1. The van der Waals surface area contributed by atoms with E-state index in [1.165, 1.54) is 34.1 Å². The monoisotopic (exact) mass is 288 g/mol. The fraction of sp³-hybridized carbons (Fsp3) is 0.714. The highest BCUT2D eigenvalue weighted by molar-refractivity contribution is 8.02. The van der Waals surface area contributed by atoms with Gasteiger partial charge in [-0.1, -0.05) is 40.5 Å². The van der Waals surface area contributed by atoms with Gasteiger partial charge in [0.1, 0.15) is 0 Å². The number of thioether (sulfide) groups is 2. The van der Waals surface area contributed by atoms with Crippen molar-refractivity contribution in [1.82, 2.24) is 0 Å². The molecule has 0 saturated carbocycles. The maximum atomic E-state index is 2.34. The molecule has 2 atom stereocenters. The molecule has 0 radical (unpaired) electrons. The Kier molecular flexibility index (Phi) is 7.72. The van der Waals surface area contributed by atoms with Crippen LogP contribution in [0.15, 0.2) is 20.6 Å². The van der Waals surface area contributed by atoms with Gasteiger partial charge in [-0.25, -0.2) is 0 Å². The van der Waals surface area contributed by atoms with Gasteiger partial charge >= 0.3 is 0 Å². The first-order valence-corrected chi connectivity index (χ1v) is 9.40. The van der Waals surface area contributed by atoms with Crippen LogP contribution in [0.5, 0.6) is 0 Å². The van der Waals surface area contributed by atoms with Crippen LogP contribution in [0.4, 0.5) is 0 Å². The average molecular weight is 289 g/mol. The molecule has 1 heterocycles. The molecule has 0 aliphatic carbocycles. The summed E-state index contributed by atoms with van der Waals surface area (Å²) < 4.78 is 0. The van der Waals surface area contributed by atoms with E-state index in [-0.39, 0.29) is 0 Å². The maximum Gasteiger partial charge on any atom is 0.0315 e. The van der Waals surface area contributed by atoms with Gasteiger partial charge < -0.3 is 0 Å². The molecule has 0 bridgehead atoms. The van der Waals surface area contributed by atoms with Crippen LogP contribution in [-0.4, -0.2) is 11.5 Å². The first-order valence-electron chi connectivity index (χ1n) is 6.49. The lowest BCUT2D eigenvalue weighted by Crippen LogP contribution is -1.96. The fourth-order valence-electron chi connectivity index (χ4n) is 1.18. The number of hydrogen-bond donors (Lipinski definition) is 0. The van der Waals surface area contributed by atoms with Crippen molar-refractivity contribution >= 4 is 34.9 Å². The summed E-state index contributed by atoms with van der Waals surface area (Å²) in [5.74, 6) is 4.16. The summed E-state index contributed by atoms with van der Waals surface area (Å²) in [6.45, 7) is 9.23. The molecule has 1 aromatic heterocycles. The second-order valence-corrected chi connectivity index (χ2v) is 7.62. The van der Waals surface area contributed by atoms with E-state index < -0.39 is 0 Å². The Morgan fingerprint density at radius 2 is 1.35 bits per heavy atom. The van der Waals surface area contributed by atoms with Gasteiger partial charge in [-0.3, -0.25) is 0 Å². The SMILES string of the molecule is CC[C@H](C)CSc1cscc1SC[C@@H](C)CC. The minimum atomic E-state index is 0.826. The molecule has 0 fully saturated rings. The third-order valence-corrected chi connectivity index (χ3v) is 6.97. The van der Waals surface area contributed by atoms with Gasteiger partial charge in [-0.2, -0.15) is 11.3 Å². The smallest absolute Gasteiger partial charge is 0.0315 e. The summed E-state index contributed by atoms with van der Waals surface area (Å²) in [4.78, 5) is 3.01. The highest BCUT2D eigenvalue weighted by Crippen LogP contribution is 2.36. The summed E-state index contributed by atoms with van der Waals surface area (Å²) in [5.41, 5.74) is 0. The van der Waals surface area contributed by atoms with E-state index >= 15 is 0 Å². The molecule has 0 N–H and O–H groups in total. The fourth-order valence-corrected chi connectivity index (χ4v) is 4.94. The highest BCUT2D eigenvalue weighted by Gasteiger charge is 2.08. The predicted molar refractivity (Wildman–Crippen MR) is 84.7 cm³/mol. The van der Waals surface area contributed by atoms with E-state index in [9.17, 15) is 0 Å². The first-order chi connectivity index (χ1) is 8.17. The van der Waals surface area contributed by atoms with E-state index in [4.69, 9.17) is 0 Å². The molecule has 1 rings (SSSR count). The molecule has 0 aromatic carbocycles. The molecule has 0 aliphatic rings. The van der Waals surface area contributed by atoms with E-state index in [2.05, 4.69) is 38.5 Å². The number of thiophene rings is 1. The zero-order chi connectivity index (χ0) is 12.7. The largest absolute Gasteiger partial charge is 0.150 e. The van der Waals surface area contributed by atoms with E-state index in [0.29, 0.717) is 0 Å². The Hall–Kier alpha value is 0.400. The van der Waals surface area contributed by atoms with Crippen LogP contribution in [0.25, 0.3) is 0 Å². The van der Waals surface area contributed by atoms with Gasteiger partial charge in [0.15, 0.2) is 0 Å². The van der Waals surface area contributed by atoms with Gasteiger partial charge in [0.25, 0.3) is 0 Å². The topological polar surface area (TPSA) is 0 Å². The van der Waals surface area contributed by atoms with Crippen LogP contribution in [0.1, 0.15) is 40.5 Å². The van der Waals surface area contributed by atoms with Crippen LogP contribution in [0, 0.1) is 11.8 Å². The number of hydrogen-bond acceptors (Lipinski definition) is 3. The van der Waals surface area contributed by atoms with E-state index in [0.717, 1.165) is 11.8 Å². The van der Waals surface area contributed by atoms with Gasteiger partial charge in [-0.05, 0) is 11.8 Å². The lowest BCUT2D eigenvalue weighted by atomic mass is 10.2. The van der Waals surface area contributed by atoms with Crippen molar-refractivity contribution in [3.63, 3.8) is 0 Å². The molecule has 0 spiro atoms. The van der Waals surface area contributed by atoms with Crippen molar-refractivity contribution in [3.8, 4) is 0 Å². The van der Waals surface area contributed by atoms with Gasteiger partial charge in [0.05, 0.1) is 0 Å². The van der Waals surface area contributed by atoms with Crippen molar-refractivity contribution in [3.05, 3.63) is 10.8 Å². The Balaban J connectivity index is 2.42. The van der Waals surface area contributed by atoms with Crippen molar-refractivity contribution in [2.24, 2.45) is 11.8 Å². The minimum Gasteiger partial charge on any atom is -0.150 e. The Bertz CT molecular complexity index is 278. The molecule has 0 aliphatic heterocycles. The third kappa shape index (κ3) is 5.71. The molecule has 17 heavy (non-hydrogen) atoms. The molecule has 0 amide bonds. The van der Waals surface area contributed by atoms with Gasteiger partial charge in [0, 0.05) is 32.1 Å². The zero-order valence-electron chi connectivity index (χ0n) is 11.4. The molecule has 3 heteroatoms. The molecular weight excluding hydrogens is 264 g/mol. The maximum absolute atomic E-state index is 2.34. The van der Waals surface area contributed by atoms with Crippen molar-refractivity contribution in [2.75, 3.05) is 11.5 Å². The second-order valence-electron chi connectivity index (χ2n) is 4.75. The predicted octanol–water partition coefficient (Wildman–Crippen LogP) is 6.02. The Morgan fingerprint density at radius 1 is 0.941 bits per heavy atom. The lowest BCUT2D eigenvalue weighted by molar-refractivity contribution is 0.636. The Labute approximate surface area is 119 Å². The molecular formula is C14H24S3. The molecule has 98 valence electrons. The summed E-state index contributed by atoms with van der Waals surface area (Å²) in [6.07, 6.45) is 2.57. The van der Waals surface area contributed by atoms with Crippen LogP contribution in [0.3, 0.4) is 0 Å². The van der Waals surface area contributed by atoms with Gasteiger partial charge in [-0.15, -0.1) is 23.5 Å². The summed E-state index contributed by atoms with van der Waals surface area (Å²) in [7, 11) is 0. The van der Waals surface area contributed by atoms with Crippen molar-refractivity contribution < 1.29 is 0 Å². The molecule has 1 aromatic rings. The lowest BCUT2D eigenvalue weighted by Gasteiger charge is -2.10. The quantitative estimate of drug-likeness (QED) is 0.536. The van der Waals surface area contributed by atoms with Crippen LogP contribution >= 0.6 is 34.9 Å². The van der Waals surface area contributed by atoms with Crippen LogP contribution < -0.4 is 0 Å². The number of rotatable bonds is 8. The first kappa shape index (κ1) is 15.5. The van der Waals surface area contributed by atoms with Crippen molar-refractivity contribution in [2.45, 2.75) is 50.3 Å².